The highest BCUT2D eigenvalue weighted by Crippen LogP contribution is 2.16. The zero-order valence-electron chi connectivity index (χ0n) is 7.11. The minimum Gasteiger partial charge on any atom is -0.207 e. The van der Waals surface area contributed by atoms with Crippen molar-refractivity contribution in [3.05, 3.63) is 41.1 Å². The summed E-state index contributed by atoms with van der Waals surface area (Å²) < 4.78 is 12.9. The molecule has 0 spiro atoms. The Balaban J connectivity index is 3.05. The second-order valence-corrected chi connectivity index (χ2v) is 2.96. The predicted molar refractivity (Wildman–Crippen MR) is 44.8 cm³/mol. The summed E-state index contributed by atoms with van der Waals surface area (Å²) in [6.45, 7) is 5.72. The Kier molecular flexibility index (Phi) is 2.28. The van der Waals surface area contributed by atoms with E-state index in [1.807, 2.05) is 19.9 Å². The van der Waals surface area contributed by atoms with E-state index in [9.17, 15) is 4.39 Å². The molecule has 1 radical (unpaired) electrons. The Morgan fingerprint density at radius 3 is 2.36 bits per heavy atom. The molecular weight excluding hydrogens is 139 g/mol. The molecule has 0 fully saturated rings. The van der Waals surface area contributed by atoms with E-state index < -0.39 is 0 Å². The van der Waals surface area contributed by atoms with Crippen molar-refractivity contribution in [2.45, 2.75) is 20.8 Å². The topological polar surface area (TPSA) is 0 Å². The van der Waals surface area contributed by atoms with E-state index in [0.717, 1.165) is 11.5 Å². The van der Waals surface area contributed by atoms with Crippen LogP contribution in [0.25, 0.3) is 0 Å². The summed E-state index contributed by atoms with van der Waals surface area (Å²) in [7, 11) is 0. The number of rotatable bonds is 1. The molecule has 59 valence electrons. The van der Waals surface area contributed by atoms with Gasteiger partial charge in [0.2, 0.25) is 0 Å². The van der Waals surface area contributed by atoms with Crippen LogP contribution in [0.3, 0.4) is 0 Å². The van der Waals surface area contributed by atoms with Crippen LogP contribution < -0.4 is 0 Å². The minimum absolute atomic E-state index is 0.122. The number of hydrogen-bond acceptors (Lipinski definition) is 0. The molecule has 0 saturated carbocycles. The summed E-state index contributed by atoms with van der Waals surface area (Å²) in [6, 6.07) is 5.32. The molecule has 0 bridgehead atoms. The number of benzene rings is 1. The molecule has 0 amide bonds. The van der Waals surface area contributed by atoms with Gasteiger partial charge in [0.15, 0.2) is 0 Å². The SMILES string of the molecule is C[C](C)c1ccc(C)c(F)c1. The molecule has 0 N–H and O–H groups in total. The van der Waals surface area contributed by atoms with E-state index in [2.05, 4.69) is 0 Å². The first kappa shape index (κ1) is 8.25. The molecule has 0 aliphatic heterocycles. The first-order valence-electron chi connectivity index (χ1n) is 3.68. The lowest BCUT2D eigenvalue weighted by atomic mass is 10.0. The average molecular weight is 151 g/mol. The van der Waals surface area contributed by atoms with E-state index in [1.165, 1.54) is 0 Å². The summed E-state index contributed by atoms with van der Waals surface area (Å²) in [5.74, 6) is 1.02. The van der Waals surface area contributed by atoms with Crippen LogP contribution in [0, 0.1) is 18.7 Å². The number of halogens is 1. The highest BCUT2D eigenvalue weighted by molar-refractivity contribution is 5.31. The Morgan fingerprint density at radius 1 is 1.27 bits per heavy atom. The van der Waals surface area contributed by atoms with E-state index in [0.29, 0.717) is 5.56 Å². The second-order valence-electron chi connectivity index (χ2n) is 2.96. The number of hydrogen-bond donors (Lipinski definition) is 0. The Hall–Kier alpha value is -0.850. The van der Waals surface area contributed by atoms with Crippen molar-refractivity contribution in [1.29, 1.82) is 0 Å². The fourth-order valence-corrected chi connectivity index (χ4v) is 0.904. The zero-order chi connectivity index (χ0) is 8.43. The maximum Gasteiger partial charge on any atom is 0.126 e. The largest absolute Gasteiger partial charge is 0.207 e. The van der Waals surface area contributed by atoms with Crippen molar-refractivity contribution in [3.63, 3.8) is 0 Å². The van der Waals surface area contributed by atoms with Crippen molar-refractivity contribution in [2.75, 3.05) is 0 Å². The van der Waals surface area contributed by atoms with Gasteiger partial charge in [-0.05, 0) is 30.0 Å². The molecule has 0 unspecified atom stereocenters. The molecule has 0 heterocycles. The molecule has 1 aromatic carbocycles. The van der Waals surface area contributed by atoms with Crippen molar-refractivity contribution in [1.82, 2.24) is 0 Å². The van der Waals surface area contributed by atoms with Gasteiger partial charge in [-0.1, -0.05) is 26.0 Å². The van der Waals surface area contributed by atoms with Crippen LogP contribution in [0.5, 0.6) is 0 Å². The molecule has 0 saturated heterocycles. The van der Waals surface area contributed by atoms with Crippen LogP contribution in [0.4, 0.5) is 4.39 Å². The highest BCUT2D eigenvalue weighted by Gasteiger charge is 2.02. The monoisotopic (exact) mass is 151 g/mol. The van der Waals surface area contributed by atoms with Crippen LogP contribution in [-0.2, 0) is 0 Å². The summed E-state index contributed by atoms with van der Waals surface area (Å²) >= 11 is 0. The molecule has 1 rings (SSSR count). The fourth-order valence-electron chi connectivity index (χ4n) is 0.904. The van der Waals surface area contributed by atoms with Gasteiger partial charge in [-0.2, -0.15) is 0 Å². The van der Waals surface area contributed by atoms with Gasteiger partial charge in [-0.3, -0.25) is 0 Å². The first-order valence-corrected chi connectivity index (χ1v) is 3.68. The quantitative estimate of drug-likeness (QED) is 0.578. The average Bonchev–Trinajstić information content (AvgIpc) is 1.94. The standard InChI is InChI=1S/C10H12F/c1-7(2)9-5-4-8(3)10(11)6-9/h4-6H,1-3H3. The van der Waals surface area contributed by atoms with Crippen LogP contribution in [0.2, 0.25) is 0 Å². The first-order chi connectivity index (χ1) is 5.11. The van der Waals surface area contributed by atoms with E-state index in [-0.39, 0.29) is 5.82 Å². The fraction of sp³-hybridized carbons (Fsp3) is 0.300. The summed E-state index contributed by atoms with van der Waals surface area (Å²) in [5, 5.41) is 0. The van der Waals surface area contributed by atoms with Crippen LogP contribution in [-0.4, -0.2) is 0 Å². The lowest BCUT2D eigenvalue weighted by molar-refractivity contribution is 0.617. The molecule has 0 atom stereocenters. The number of aryl methyl sites for hydroxylation is 1. The van der Waals surface area contributed by atoms with Gasteiger partial charge in [-0.15, -0.1) is 0 Å². The third-order valence-electron chi connectivity index (χ3n) is 1.75. The Labute approximate surface area is 67.1 Å². The Morgan fingerprint density at radius 2 is 1.91 bits per heavy atom. The van der Waals surface area contributed by atoms with Gasteiger partial charge in [0.05, 0.1) is 0 Å². The third-order valence-corrected chi connectivity index (χ3v) is 1.75. The predicted octanol–water partition coefficient (Wildman–Crippen LogP) is 3.10. The second kappa shape index (κ2) is 3.04. The lowest BCUT2D eigenvalue weighted by Crippen LogP contribution is -1.90. The van der Waals surface area contributed by atoms with Gasteiger partial charge in [0.1, 0.15) is 5.82 Å². The van der Waals surface area contributed by atoms with Crippen LogP contribution >= 0.6 is 0 Å². The molecule has 1 heteroatoms. The third kappa shape index (κ3) is 1.79. The Bertz CT molecular complexity index is 251. The molecule has 0 nitrogen and oxygen atoms in total. The van der Waals surface area contributed by atoms with Crippen molar-refractivity contribution in [2.24, 2.45) is 0 Å². The van der Waals surface area contributed by atoms with Crippen molar-refractivity contribution < 1.29 is 4.39 Å². The molecule has 0 aliphatic rings. The van der Waals surface area contributed by atoms with E-state index in [4.69, 9.17) is 0 Å². The van der Waals surface area contributed by atoms with E-state index >= 15 is 0 Å². The van der Waals surface area contributed by atoms with E-state index in [1.54, 1.807) is 19.1 Å². The zero-order valence-corrected chi connectivity index (χ0v) is 7.11. The molecule has 0 aromatic heterocycles. The van der Waals surface area contributed by atoms with Gasteiger partial charge >= 0.3 is 0 Å². The smallest absolute Gasteiger partial charge is 0.126 e. The van der Waals surface area contributed by atoms with Gasteiger partial charge in [0, 0.05) is 0 Å². The molecule has 0 aliphatic carbocycles. The summed E-state index contributed by atoms with van der Waals surface area (Å²) in [5.41, 5.74) is 1.68. The van der Waals surface area contributed by atoms with Crippen molar-refractivity contribution >= 4 is 0 Å². The summed E-state index contributed by atoms with van der Waals surface area (Å²) in [6.07, 6.45) is 0. The molecule has 1 aromatic rings. The van der Waals surface area contributed by atoms with Gasteiger partial charge in [-0.25, -0.2) is 4.39 Å². The van der Waals surface area contributed by atoms with Gasteiger partial charge < -0.3 is 0 Å². The maximum absolute atomic E-state index is 12.9. The molecular formula is C10H12F. The normalized spacial score (nSPS) is 10.6. The molecule has 11 heavy (non-hydrogen) atoms. The minimum atomic E-state index is -0.122. The van der Waals surface area contributed by atoms with Crippen molar-refractivity contribution in [3.8, 4) is 0 Å². The van der Waals surface area contributed by atoms with Gasteiger partial charge in [0.25, 0.3) is 0 Å². The summed E-state index contributed by atoms with van der Waals surface area (Å²) in [4.78, 5) is 0. The van der Waals surface area contributed by atoms with Crippen LogP contribution in [0.15, 0.2) is 18.2 Å². The lowest BCUT2D eigenvalue weighted by Gasteiger charge is -2.04. The maximum atomic E-state index is 12.9. The van der Waals surface area contributed by atoms with Crippen LogP contribution in [0.1, 0.15) is 25.0 Å². The highest BCUT2D eigenvalue weighted by atomic mass is 19.1.